The van der Waals surface area contributed by atoms with Gasteiger partial charge in [0.25, 0.3) is 0 Å². The first kappa shape index (κ1) is 43.8. The summed E-state index contributed by atoms with van der Waals surface area (Å²) in [5, 5.41) is 1.13. The van der Waals surface area contributed by atoms with E-state index in [1.54, 1.807) is 0 Å². The molecular formula is C64H66BN3O. The minimum atomic E-state index is -0.138. The van der Waals surface area contributed by atoms with Crippen molar-refractivity contribution in [2.24, 2.45) is 0 Å². The summed E-state index contributed by atoms with van der Waals surface area (Å²) >= 11 is 0. The number of hydrogen-bond donors (Lipinski definition) is 0. The van der Waals surface area contributed by atoms with Gasteiger partial charge in [-0.3, -0.25) is 0 Å². The van der Waals surface area contributed by atoms with E-state index in [1.807, 2.05) is 0 Å². The highest BCUT2D eigenvalue weighted by Crippen LogP contribution is 2.63. The molecule has 0 amide bonds. The number of rotatable bonds is 5. The minimum absolute atomic E-state index is 0.0240. The number of benzene rings is 7. The number of furan rings is 1. The Morgan fingerprint density at radius 3 is 1.78 bits per heavy atom. The number of anilines is 7. The van der Waals surface area contributed by atoms with Crippen LogP contribution in [0.2, 0.25) is 0 Å². The lowest BCUT2D eigenvalue weighted by molar-refractivity contribution is 0.199. The molecular weight excluding hydrogens is 838 g/mol. The van der Waals surface area contributed by atoms with Gasteiger partial charge >= 0.3 is 6.85 Å². The van der Waals surface area contributed by atoms with Gasteiger partial charge in [0, 0.05) is 55.9 Å². The van der Waals surface area contributed by atoms with Gasteiger partial charge in [0.2, 0.25) is 0 Å². The second-order valence-electron chi connectivity index (χ2n) is 24.1. The molecule has 4 heterocycles. The van der Waals surface area contributed by atoms with Crippen molar-refractivity contribution in [1.82, 2.24) is 0 Å². The fraction of sp³-hybridized carbons (Fsp3) is 0.312. The number of nitrogens with zero attached hydrogens (tertiary/aromatic N) is 3. The van der Waals surface area contributed by atoms with Crippen molar-refractivity contribution in [2.45, 2.75) is 129 Å². The summed E-state index contributed by atoms with van der Waals surface area (Å²) in [5.41, 5.74) is 21.8. The highest BCUT2D eigenvalue weighted by atomic mass is 16.3. The molecule has 3 aliphatic heterocycles. The highest BCUT2D eigenvalue weighted by Gasteiger charge is 2.64. The van der Waals surface area contributed by atoms with Gasteiger partial charge in [-0.25, -0.2) is 0 Å². The lowest BCUT2D eigenvalue weighted by atomic mass is 9.44. The topological polar surface area (TPSA) is 22.9 Å². The van der Waals surface area contributed by atoms with Crippen LogP contribution < -0.4 is 25.7 Å². The molecule has 0 saturated heterocycles. The lowest BCUT2D eigenvalue weighted by Gasteiger charge is -2.54. The molecule has 1 aliphatic carbocycles. The summed E-state index contributed by atoms with van der Waals surface area (Å²) in [7, 11) is 0. The maximum absolute atomic E-state index is 7.44. The highest BCUT2D eigenvalue weighted by molar-refractivity contribution is 6.92. The molecule has 1 fully saturated rings. The number of fused-ring (bicyclic) bond motifs is 9. The Labute approximate surface area is 411 Å². The molecule has 0 spiro atoms. The van der Waals surface area contributed by atoms with E-state index in [2.05, 4.69) is 242 Å². The van der Waals surface area contributed by atoms with E-state index < -0.39 is 0 Å². The molecule has 4 aliphatic rings. The molecule has 0 radical (unpaired) electrons. The Morgan fingerprint density at radius 2 is 1.13 bits per heavy atom. The first-order valence-electron chi connectivity index (χ1n) is 25.5. The molecule has 0 N–H and O–H groups in total. The van der Waals surface area contributed by atoms with Crippen molar-refractivity contribution in [2.75, 3.05) is 14.6 Å². The van der Waals surface area contributed by atoms with E-state index in [9.17, 15) is 0 Å². The molecule has 4 nitrogen and oxygen atoms in total. The fourth-order valence-electron chi connectivity index (χ4n) is 12.8. The Hall–Kier alpha value is -6.46. The zero-order chi connectivity index (χ0) is 48.0. The van der Waals surface area contributed by atoms with Gasteiger partial charge in [-0.05, 0) is 136 Å². The van der Waals surface area contributed by atoms with Gasteiger partial charge in [0.15, 0.2) is 0 Å². The smallest absolute Gasteiger partial charge is 0.371 e. The Morgan fingerprint density at radius 1 is 0.522 bits per heavy atom. The second kappa shape index (κ2) is 15.0. The average Bonchev–Trinajstić information content (AvgIpc) is 3.81. The van der Waals surface area contributed by atoms with E-state index >= 15 is 0 Å². The monoisotopic (exact) mass is 904 g/mol. The molecule has 7 aromatic carbocycles. The summed E-state index contributed by atoms with van der Waals surface area (Å²) < 4.78 is 7.44. The quantitative estimate of drug-likeness (QED) is 0.161. The van der Waals surface area contributed by atoms with E-state index in [4.69, 9.17) is 4.42 Å². The molecule has 8 aromatic rings. The molecule has 0 bridgehead atoms. The summed E-state index contributed by atoms with van der Waals surface area (Å²) in [5.74, 6) is 0. The first-order valence-corrected chi connectivity index (χ1v) is 25.5. The number of hydrogen-bond acceptors (Lipinski definition) is 4. The molecule has 2 atom stereocenters. The zero-order valence-corrected chi connectivity index (χ0v) is 42.6. The van der Waals surface area contributed by atoms with Crippen LogP contribution in [0.5, 0.6) is 0 Å². The van der Waals surface area contributed by atoms with Gasteiger partial charge in [0.05, 0.1) is 11.4 Å². The van der Waals surface area contributed by atoms with E-state index in [-0.39, 0.29) is 34.0 Å². The Kier molecular flexibility index (Phi) is 9.54. The van der Waals surface area contributed by atoms with E-state index in [1.165, 1.54) is 80.6 Å². The SMILES string of the molecule is CC(C)(C)c1ccc(N(c2ccc(C(C)(C)C)cc2)c2cc3c4c(c2)N(c2ccc(C(C)(C)C)cc2-c2ccccc2)c2c(oc5ccccc25)B4N2c4c-3cccc4C3(C)CCCCC23C)cc1. The second-order valence-corrected chi connectivity index (χ2v) is 24.1. The van der Waals surface area contributed by atoms with Crippen LogP contribution in [0.1, 0.15) is 124 Å². The molecule has 69 heavy (non-hydrogen) atoms. The summed E-state index contributed by atoms with van der Waals surface area (Å²) in [6.45, 7) is 25.8. The fourth-order valence-corrected chi connectivity index (χ4v) is 12.8. The largest absolute Gasteiger partial charge is 0.466 e. The average molecular weight is 904 g/mol. The predicted molar refractivity (Wildman–Crippen MR) is 294 cm³/mol. The standard InChI is InChI=1S/C64H66BN3O/c1-60(2,3)42-26-31-45(32-27-42)66(46-33-28-43(29-34-46)61(4,5)6)47-39-51-48-23-19-24-52-57(48)68(64(11)37-18-17-36-63(52,64)10)65-56(51)54(40-47)67(58-49-22-15-16-25-55(49)69-59(58)65)53-35-30-44(62(7,8)9)38-50(53)41-20-13-12-14-21-41/h12-16,19-35,38-40H,17-18,36-37H2,1-11H3. The van der Waals surface area contributed by atoms with Crippen molar-refractivity contribution in [1.29, 1.82) is 0 Å². The van der Waals surface area contributed by atoms with Crippen molar-refractivity contribution in [3.63, 3.8) is 0 Å². The van der Waals surface area contributed by atoms with Crippen LogP contribution >= 0.6 is 0 Å². The molecule has 2 unspecified atom stereocenters. The van der Waals surface area contributed by atoms with Crippen LogP contribution in [0.15, 0.2) is 156 Å². The molecule has 12 rings (SSSR count). The van der Waals surface area contributed by atoms with Gasteiger partial charge in [-0.1, -0.05) is 173 Å². The van der Waals surface area contributed by atoms with Crippen LogP contribution in [-0.2, 0) is 21.7 Å². The molecule has 1 saturated carbocycles. The minimum Gasteiger partial charge on any atom is -0.466 e. The normalized spacial score (nSPS) is 19.3. The van der Waals surface area contributed by atoms with Crippen LogP contribution in [0.4, 0.5) is 39.8 Å². The van der Waals surface area contributed by atoms with Crippen molar-refractivity contribution in [3.05, 3.63) is 174 Å². The summed E-state index contributed by atoms with van der Waals surface area (Å²) in [4.78, 5) is 7.98. The summed E-state index contributed by atoms with van der Waals surface area (Å²) in [6.07, 6.45) is 4.75. The van der Waals surface area contributed by atoms with Gasteiger partial charge < -0.3 is 19.0 Å². The Bertz CT molecular complexity index is 3270. The number of para-hydroxylation sites is 2. The van der Waals surface area contributed by atoms with Gasteiger partial charge in [0.1, 0.15) is 11.2 Å². The van der Waals surface area contributed by atoms with Crippen LogP contribution in [-0.4, -0.2) is 12.4 Å². The third-order valence-corrected chi connectivity index (χ3v) is 16.9. The zero-order valence-electron chi connectivity index (χ0n) is 42.6. The van der Waals surface area contributed by atoms with Crippen LogP contribution in [0, 0.1) is 0 Å². The Balaban J connectivity index is 1.22. The third-order valence-electron chi connectivity index (χ3n) is 16.9. The molecule has 346 valence electrons. The molecule has 5 heteroatoms. The van der Waals surface area contributed by atoms with Crippen LogP contribution in [0.3, 0.4) is 0 Å². The van der Waals surface area contributed by atoms with Gasteiger partial charge in [-0.2, -0.15) is 0 Å². The van der Waals surface area contributed by atoms with Crippen molar-refractivity contribution >= 4 is 68.8 Å². The van der Waals surface area contributed by atoms with Gasteiger partial charge in [-0.15, -0.1) is 0 Å². The maximum Gasteiger partial charge on any atom is 0.371 e. The van der Waals surface area contributed by atoms with Crippen molar-refractivity contribution < 1.29 is 4.42 Å². The third kappa shape index (κ3) is 6.48. The molecule has 1 aromatic heterocycles. The first-order chi connectivity index (χ1) is 32.9. The van der Waals surface area contributed by atoms with Crippen LogP contribution in [0.25, 0.3) is 33.2 Å². The van der Waals surface area contributed by atoms with E-state index in [0.717, 1.165) is 51.5 Å². The summed E-state index contributed by atoms with van der Waals surface area (Å²) in [6, 6.07) is 57.9. The maximum atomic E-state index is 7.44. The predicted octanol–water partition coefficient (Wildman–Crippen LogP) is 16.4. The van der Waals surface area contributed by atoms with Crippen molar-refractivity contribution in [3.8, 4) is 22.3 Å². The lowest BCUT2D eigenvalue weighted by Crippen LogP contribution is -2.70. The van der Waals surface area contributed by atoms with E-state index in [0.29, 0.717) is 0 Å².